The number of alkyl halides is 4. The van der Waals surface area contributed by atoms with E-state index in [-0.39, 0.29) is 102 Å². The van der Waals surface area contributed by atoms with Gasteiger partial charge in [-0.3, -0.25) is 0 Å². The van der Waals surface area contributed by atoms with Crippen LogP contribution in [0.3, 0.4) is 0 Å². The second-order valence-electron chi connectivity index (χ2n) is 13.7. The molecule has 0 N–H and O–H groups in total. The molecule has 0 aromatic heterocycles. The Balaban J connectivity index is 0. The van der Waals surface area contributed by atoms with Gasteiger partial charge in [0.15, 0.2) is 0 Å². The van der Waals surface area contributed by atoms with Crippen LogP contribution in [0.5, 0.6) is 0 Å². The van der Waals surface area contributed by atoms with Crippen LogP contribution in [0, 0.1) is 0 Å². The fourth-order valence-electron chi connectivity index (χ4n) is 8.58. The summed E-state index contributed by atoms with van der Waals surface area (Å²) in [6, 6.07) is 19.6. The van der Waals surface area contributed by atoms with Crippen molar-refractivity contribution in [3.63, 3.8) is 0 Å². The summed E-state index contributed by atoms with van der Waals surface area (Å²) in [6.45, 7) is 17.4. The maximum Gasteiger partial charge on any atom is 2.00 e. The van der Waals surface area contributed by atoms with Crippen LogP contribution in [0.25, 0.3) is 21.5 Å². The van der Waals surface area contributed by atoms with Gasteiger partial charge in [-0.2, -0.15) is 0 Å². The van der Waals surface area contributed by atoms with E-state index in [4.69, 9.17) is 46.4 Å². The average Bonchev–Trinajstić information content (AvgIpc) is 3.77. The molecule has 14 heteroatoms. The summed E-state index contributed by atoms with van der Waals surface area (Å²) in [6.07, 6.45) is 5.00. The van der Waals surface area contributed by atoms with Crippen LogP contribution in [0.1, 0.15) is 77.6 Å². The van der Waals surface area contributed by atoms with E-state index in [9.17, 15) is 0 Å². The van der Waals surface area contributed by atoms with Crippen molar-refractivity contribution in [2.24, 2.45) is 0 Å². The Bertz CT molecular complexity index is 1730. The summed E-state index contributed by atoms with van der Waals surface area (Å²) in [4.78, 5) is 0. The molecule has 4 aromatic rings. The van der Waals surface area contributed by atoms with Crippen LogP contribution < -0.4 is 70.8 Å². The van der Waals surface area contributed by atoms with Crippen molar-refractivity contribution >= 4 is 118 Å². The molecular weight excluding hydrogens is 1250 g/mol. The van der Waals surface area contributed by atoms with E-state index >= 15 is 0 Å². The number of hydrogen-bond donors (Lipinski definition) is 0. The SMILES string of the molecule is CC(C)P1(C(C)C)=Pc2ccc3c4c(ccc1c24)CC3.CC(C)P1(C(C)C)=Pc2ccc3c4c(ccc1c24)CC3.ClCCl.ClCCl.[Cl-].[Cl-].[Cl-].[Cl-].[Pt+2].[Pt+2]. The van der Waals surface area contributed by atoms with E-state index in [1.165, 1.54) is 25.7 Å². The molecule has 0 unspecified atom stereocenters. The average molecular weight is 1300 g/mol. The van der Waals surface area contributed by atoms with Gasteiger partial charge in [-0.1, -0.05) is 108 Å². The molecule has 0 bridgehead atoms. The van der Waals surface area contributed by atoms with Gasteiger partial charge in [0.25, 0.3) is 0 Å². The van der Waals surface area contributed by atoms with E-state index < -0.39 is 13.1 Å². The molecule has 0 nitrogen and oxygen atoms in total. The second-order valence-corrected chi connectivity index (χ2v) is 29.9. The number of benzene rings is 4. The Morgan fingerprint density at radius 1 is 0.442 bits per heavy atom. The van der Waals surface area contributed by atoms with E-state index in [1.807, 2.05) is 0 Å². The van der Waals surface area contributed by atoms with Crippen molar-refractivity contribution in [1.29, 1.82) is 0 Å². The smallest absolute Gasteiger partial charge is 1.00 e. The zero-order chi connectivity index (χ0) is 33.6. The predicted octanol–water partition coefficient (Wildman–Crippen LogP) is 0.650. The Morgan fingerprint density at radius 3 is 0.904 bits per heavy atom. The molecule has 4 aromatic carbocycles. The van der Waals surface area contributed by atoms with Gasteiger partial charge in [0.2, 0.25) is 0 Å². The van der Waals surface area contributed by atoms with Gasteiger partial charge >= 0.3 is 42.1 Å². The monoisotopic (exact) mass is 1300 g/mol. The number of hydrogen-bond acceptors (Lipinski definition) is 0. The minimum absolute atomic E-state index is 0. The topological polar surface area (TPSA) is 0 Å². The first kappa shape index (κ1) is 56.7. The molecular formula is C38H48Cl8P4Pt2. The van der Waals surface area contributed by atoms with Crippen LogP contribution in [0.15, 0.2) is 48.5 Å². The van der Waals surface area contributed by atoms with Crippen molar-refractivity contribution < 1.29 is 91.8 Å². The van der Waals surface area contributed by atoms with E-state index in [0.29, 0.717) is 0 Å². The van der Waals surface area contributed by atoms with E-state index in [2.05, 4.69) is 104 Å². The predicted molar refractivity (Wildman–Crippen MR) is 223 cm³/mol. The zero-order valence-electron chi connectivity index (χ0n) is 30.6. The van der Waals surface area contributed by atoms with Gasteiger partial charge in [-0.15, -0.1) is 46.4 Å². The molecule has 2 aliphatic heterocycles. The zero-order valence-corrected chi connectivity index (χ0v) is 44.8. The molecule has 0 radical (unpaired) electrons. The third-order valence-corrected chi connectivity index (χ3v) is 30.9. The maximum atomic E-state index is 4.76. The van der Waals surface area contributed by atoms with Crippen LogP contribution in [0.4, 0.5) is 0 Å². The Kier molecular flexibility index (Phi) is 26.1. The summed E-state index contributed by atoms with van der Waals surface area (Å²) >= 11 is 19.1. The largest absolute Gasteiger partial charge is 2.00 e. The Hall–Kier alpha value is 2.56. The molecule has 2 heterocycles. The first-order valence-corrected chi connectivity index (χ1v) is 25.8. The van der Waals surface area contributed by atoms with Crippen LogP contribution >= 0.6 is 75.2 Å². The molecule has 0 spiro atoms. The molecule has 52 heavy (non-hydrogen) atoms. The summed E-state index contributed by atoms with van der Waals surface area (Å²) in [5.41, 5.74) is 9.55. The number of aryl methyl sites for hydroxylation is 4. The standard InChI is InChI=1S/2C18H22P2.2CH2Cl2.4ClH.2Pt/c2*1-11(2)20(12(3)4)16-10-8-14-6-5-13-7-9-15(19-20)18(16)17(13)14;2*2-1-3;;;;;;/h2*7-12H,5-6H2,1-4H3;2*1H2;4*1H;;/q;;;;;;;;2*+2/p-4. The summed E-state index contributed by atoms with van der Waals surface area (Å²) in [5, 5.41) is 13.7. The molecule has 0 amide bonds. The Labute approximate surface area is 390 Å². The van der Waals surface area contributed by atoms with Gasteiger partial charge < -0.3 is 49.6 Å². The molecule has 0 saturated heterocycles. The van der Waals surface area contributed by atoms with Gasteiger partial charge in [-0.25, -0.2) is 0 Å². The minimum Gasteiger partial charge on any atom is -1.00 e. The maximum absolute atomic E-state index is 4.76. The normalized spacial score (nSPS) is 15.4. The second kappa shape index (κ2) is 24.0. The minimum atomic E-state index is -1.09. The third kappa shape index (κ3) is 9.94. The van der Waals surface area contributed by atoms with Crippen LogP contribution in [-0.2, 0) is 67.8 Å². The molecule has 0 saturated carbocycles. The van der Waals surface area contributed by atoms with Crippen molar-refractivity contribution in [3.05, 3.63) is 70.8 Å². The van der Waals surface area contributed by atoms with Crippen molar-refractivity contribution in [2.75, 3.05) is 10.7 Å². The summed E-state index contributed by atoms with van der Waals surface area (Å²) in [5.74, 6) is 0. The van der Waals surface area contributed by atoms with Crippen LogP contribution in [0.2, 0.25) is 0 Å². The number of rotatable bonds is 4. The molecule has 2 aliphatic carbocycles. The molecule has 0 fully saturated rings. The first-order chi connectivity index (χ1) is 21.9. The third-order valence-electron chi connectivity index (χ3n) is 10.4. The van der Waals surface area contributed by atoms with Gasteiger partial charge in [0.1, 0.15) is 0 Å². The van der Waals surface area contributed by atoms with Gasteiger partial charge in [0, 0.05) is 21.4 Å². The number of halogens is 8. The fourth-order valence-corrected chi connectivity index (χ4v) is 25.5. The molecule has 4 aliphatic rings. The van der Waals surface area contributed by atoms with Gasteiger partial charge in [-0.05, 0) is 117 Å². The van der Waals surface area contributed by atoms with Crippen molar-refractivity contribution in [3.8, 4) is 0 Å². The summed E-state index contributed by atoms with van der Waals surface area (Å²) in [7, 11) is 3.28. The summed E-state index contributed by atoms with van der Waals surface area (Å²) < 4.78 is 0. The first-order valence-electron chi connectivity index (χ1n) is 16.6. The van der Waals surface area contributed by atoms with Gasteiger partial charge in [0.05, 0.1) is 10.7 Å². The van der Waals surface area contributed by atoms with Crippen LogP contribution in [-0.4, -0.2) is 33.3 Å². The molecule has 0 atom stereocenters. The molecule has 296 valence electrons. The van der Waals surface area contributed by atoms with Crippen molar-refractivity contribution in [1.82, 2.24) is 0 Å². The molecule has 8 rings (SSSR count). The van der Waals surface area contributed by atoms with E-state index in [1.54, 1.807) is 80.8 Å². The fraction of sp³-hybridized carbons (Fsp3) is 0.474. The quantitative estimate of drug-likeness (QED) is 0.209. The van der Waals surface area contributed by atoms with Crippen molar-refractivity contribution in [2.45, 2.75) is 104 Å². The Morgan fingerprint density at radius 2 is 0.673 bits per heavy atom. The van der Waals surface area contributed by atoms with E-state index in [0.717, 1.165) is 22.6 Å².